The lowest BCUT2D eigenvalue weighted by atomic mass is 10.2. The normalized spacial score (nSPS) is 10.4. The van der Waals surface area contributed by atoms with Crippen molar-refractivity contribution in [1.82, 2.24) is 0 Å². The highest BCUT2D eigenvalue weighted by molar-refractivity contribution is 9.10. The van der Waals surface area contributed by atoms with Crippen LogP contribution < -0.4 is 5.32 Å². The van der Waals surface area contributed by atoms with Gasteiger partial charge in [-0.25, -0.2) is 0 Å². The molecule has 2 aromatic carbocycles. The third-order valence-electron chi connectivity index (χ3n) is 2.47. The Morgan fingerprint density at radius 1 is 1.15 bits per heavy atom. The molecular weight excluding hydrogens is 374 g/mol. The van der Waals surface area contributed by atoms with Gasteiger partial charge in [0.05, 0.1) is 20.7 Å². The first kappa shape index (κ1) is 15.0. The van der Waals surface area contributed by atoms with Crippen LogP contribution in [0.4, 0.5) is 21.5 Å². The molecule has 0 radical (unpaired) electrons. The zero-order chi connectivity index (χ0) is 14.9. The Bertz CT molecular complexity index is 697. The van der Waals surface area contributed by atoms with Crippen LogP contribution in [0.15, 0.2) is 34.8 Å². The summed E-state index contributed by atoms with van der Waals surface area (Å²) in [5, 5.41) is 14.1. The molecule has 4 nitrogen and oxygen atoms in total. The lowest BCUT2D eigenvalue weighted by Crippen LogP contribution is -2.00. The zero-order valence-electron chi connectivity index (χ0n) is 9.66. The smallest absolute Gasteiger partial charge is 0.327 e. The van der Waals surface area contributed by atoms with Crippen molar-refractivity contribution >= 4 is 56.2 Å². The largest absolute Gasteiger partial charge is 0.349 e. The highest BCUT2D eigenvalue weighted by atomic mass is 79.9. The van der Waals surface area contributed by atoms with Crippen LogP contribution in [0, 0.1) is 15.9 Å². The summed E-state index contributed by atoms with van der Waals surface area (Å²) in [5.74, 6) is -0.931. The maximum Gasteiger partial charge on any atom is 0.327 e. The molecule has 20 heavy (non-hydrogen) atoms. The SMILES string of the molecule is O=[N+]([O-])c1c(F)cccc1Nc1ccc(Br)c(Cl)c1Cl. The summed E-state index contributed by atoms with van der Waals surface area (Å²) in [6.07, 6.45) is 0. The van der Waals surface area contributed by atoms with E-state index >= 15 is 0 Å². The molecule has 0 aliphatic carbocycles. The number of hydrogen-bond donors (Lipinski definition) is 1. The van der Waals surface area contributed by atoms with E-state index in [9.17, 15) is 14.5 Å². The van der Waals surface area contributed by atoms with Crippen LogP contribution in [0.1, 0.15) is 0 Å². The number of benzene rings is 2. The Labute approximate surface area is 131 Å². The molecule has 2 rings (SSSR count). The number of nitrogens with one attached hydrogen (secondary N) is 1. The van der Waals surface area contributed by atoms with Gasteiger partial charge >= 0.3 is 5.69 Å². The molecule has 8 heteroatoms. The monoisotopic (exact) mass is 378 g/mol. The van der Waals surface area contributed by atoms with Crippen molar-refractivity contribution in [3.05, 3.63) is 60.8 Å². The van der Waals surface area contributed by atoms with Crippen molar-refractivity contribution in [3.63, 3.8) is 0 Å². The van der Waals surface area contributed by atoms with Gasteiger partial charge in [0.2, 0.25) is 5.82 Å². The van der Waals surface area contributed by atoms with Crippen LogP contribution in [-0.2, 0) is 0 Å². The zero-order valence-corrected chi connectivity index (χ0v) is 12.8. The summed E-state index contributed by atoms with van der Waals surface area (Å²) in [5.41, 5.74) is -0.313. The fourth-order valence-electron chi connectivity index (χ4n) is 1.57. The summed E-state index contributed by atoms with van der Waals surface area (Å²) in [6.45, 7) is 0. The van der Waals surface area contributed by atoms with Gasteiger partial charge in [0.1, 0.15) is 5.69 Å². The van der Waals surface area contributed by atoms with E-state index in [1.807, 2.05) is 0 Å². The van der Waals surface area contributed by atoms with Crippen molar-refractivity contribution in [2.24, 2.45) is 0 Å². The van der Waals surface area contributed by atoms with Crippen LogP contribution in [0.2, 0.25) is 10.0 Å². The van der Waals surface area contributed by atoms with E-state index in [0.717, 1.165) is 6.07 Å². The molecular formula is C12H6BrCl2FN2O2. The number of halogens is 4. The molecule has 0 heterocycles. The number of rotatable bonds is 3. The summed E-state index contributed by atoms with van der Waals surface area (Å²) in [4.78, 5) is 10.1. The Morgan fingerprint density at radius 3 is 2.50 bits per heavy atom. The molecule has 0 saturated carbocycles. The third kappa shape index (κ3) is 2.87. The molecule has 0 aromatic heterocycles. The Balaban J connectivity index is 2.48. The van der Waals surface area contributed by atoms with Crippen molar-refractivity contribution in [2.75, 3.05) is 5.32 Å². The topological polar surface area (TPSA) is 55.2 Å². The average molecular weight is 380 g/mol. The molecule has 1 N–H and O–H groups in total. The molecule has 0 atom stereocenters. The summed E-state index contributed by atoms with van der Waals surface area (Å²) in [7, 11) is 0. The quantitative estimate of drug-likeness (QED) is 0.432. The number of nitrogens with zero attached hydrogens (tertiary/aromatic N) is 1. The second-order valence-corrected chi connectivity index (χ2v) is 5.35. The van der Waals surface area contributed by atoms with Crippen LogP contribution in [-0.4, -0.2) is 4.92 Å². The van der Waals surface area contributed by atoms with Crippen LogP contribution >= 0.6 is 39.1 Å². The molecule has 0 saturated heterocycles. The fourth-order valence-corrected chi connectivity index (χ4v) is 2.39. The second kappa shape index (κ2) is 5.95. The van der Waals surface area contributed by atoms with Gasteiger partial charge in [-0.05, 0) is 40.2 Å². The van der Waals surface area contributed by atoms with Crippen molar-refractivity contribution < 1.29 is 9.31 Å². The van der Waals surface area contributed by atoms with Gasteiger partial charge in [0, 0.05) is 4.47 Å². The fraction of sp³-hybridized carbons (Fsp3) is 0. The van der Waals surface area contributed by atoms with Crippen molar-refractivity contribution in [1.29, 1.82) is 0 Å². The number of para-hydroxylation sites is 1. The van der Waals surface area contributed by atoms with Crippen LogP contribution in [0.5, 0.6) is 0 Å². The number of hydrogen-bond acceptors (Lipinski definition) is 3. The van der Waals surface area contributed by atoms with Gasteiger partial charge in [0.15, 0.2) is 0 Å². The van der Waals surface area contributed by atoms with E-state index in [0.29, 0.717) is 10.2 Å². The lowest BCUT2D eigenvalue weighted by molar-refractivity contribution is -0.386. The van der Waals surface area contributed by atoms with Crippen LogP contribution in [0.25, 0.3) is 0 Å². The molecule has 0 spiro atoms. The highest BCUT2D eigenvalue weighted by Gasteiger charge is 2.21. The highest BCUT2D eigenvalue weighted by Crippen LogP contribution is 2.39. The molecule has 0 fully saturated rings. The third-order valence-corrected chi connectivity index (χ3v) is 4.24. The van der Waals surface area contributed by atoms with Crippen molar-refractivity contribution in [3.8, 4) is 0 Å². The van der Waals surface area contributed by atoms with E-state index in [4.69, 9.17) is 23.2 Å². The molecule has 104 valence electrons. The molecule has 0 unspecified atom stereocenters. The van der Waals surface area contributed by atoms with Gasteiger partial charge < -0.3 is 5.32 Å². The van der Waals surface area contributed by atoms with Crippen molar-refractivity contribution in [2.45, 2.75) is 0 Å². The standard InChI is InChI=1S/C12H6BrCl2FN2O2/c13-6-4-5-8(11(15)10(6)14)17-9-3-1-2-7(16)12(9)18(19)20/h1-5,17H. The first-order valence-electron chi connectivity index (χ1n) is 5.25. The van der Waals surface area contributed by atoms with Gasteiger partial charge in [-0.3, -0.25) is 10.1 Å². The summed E-state index contributed by atoms with van der Waals surface area (Å²) in [6, 6.07) is 6.96. The summed E-state index contributed by atoms with van der Waals surface area (Å²) < 4.78 is 14.1. The van der Waals surface area contributed by atoms with Gasteiger partial charge in [-0.15, -0.1) is 0 Å². The minimum atomic E-state index is -0.931. The van der Waals surface area contributed by atoms with E-state index in [1.165, 1.54) is 12.1 Å². The van der Waals surface area contributed by atoms with Gasteiger partial charge in [-0.2, -0.15) is 4.39 Å². The summed E-state index contributed by atoms with van der Waals surface area (Å²) >= 11 is 15.2. The first-order chi connectivity index (χ1) is 9.41. The van der Waals surface area contributed by atoms with E-state index in [1.54, 1.807) is 12.1 Å². The molecule has 2 aromatic rings. The maximum absolute atomic E-state index is 13.5. The molecule has 0 aliphatic rings. The van der Waals surface area contributed by atoms with E-state index in [2.05, 4.69) is 21.2 Å². The van der Waals surface area contributed by atoms with Gasteiger partial charge in [0.25, 0.3) is 0 Å². The number of anilines is 2. The average Bonchev–Trinajstić information content (AvgIpc) is 2.39. The lowest BCUT2D eigenvalue weighted by Gasteiger charge is -2.11. The minimum absolute atomic E-state index is 0.00436. The molecule has 0 bridgehead atoms. The van der Waals surface area contributed by atoms with E-state index in [-0.39, 0.29) is 15.7 Å². The van der Waals surface area contributed by atoms with Gasteiger partial charge in [-0.1, -0.05) is 29.3 Å². The Hall–Kier alpha value is -1.37. The maximum atomic E-state index is 13.5. The predicted octanol–water partition coefficient (Wildman–Crippen LogP) is 5.55. The van der Waals surface area contributed by atoms with E-state index < -0.39 is 16.4 Å². The first-order valence-corrected chi connectivity index (χ1v) is 6.80. The van der Waals surface area contributed by atoms with Crippen LogP contribution in [0.3, 0.4) is 0 Å². The Kier molecular flexibility index (Phi) is 4.47. The Morgan fingerprint density at radius 2 is 1.85 bits per heavy atom. The molecule has 0 amide bonds. The minimum Gasteiger partial charge on any atom is -0.349 e. The predicted molar refractivity (Wildman–Crippen MR) is 80.5 cm³/mol. The number of nitro groups is 1. The molecule has 0 aliphatic heterocycles. The second-order valence-electron chi connectivity index (χ2n) is 3.74. The number of nitro benzene ring substituents is 1.